The van der Waals surface area contributed by atoms with Crippen LogP contribution in [0, 0.1) is 0 Å². The third kappa shape index (κ3) is 3.72. The number of nitrogens with zero attached hydrogens (tertiary/aromatic N) is 1. The molecule has 0 saturated heterocycles. The van der Waals surface area contributed by atoms with E-state index in [1.54, 1.807) is 12.1 Å². The SMILES string of the molecule is COc1ccc(CCN(C)C)cc1C(N)C(=O)O. The summed E-state index contributed by atoms with van der Waals surface area (Å²) in [6.45, 7) is 0.897. The van der Waals surface area contributed by atoms with E-state index in [0.717, 1.165) is 18.5 Å². The lowest BCUT2D eigenvalue weighted by Gasteiger charge is -2.15. The number of ether oxygens (including phenoxy) is 1. The zero-order chi connectivity index (χ0) is 13.7. The number of hydrogen-bond acceptors (Lipinski definition) is 4. The Labute approximate surface area is 107 Å². The van der Waals surface area contributed by atoms with Crippen LogP contribution < -0.4 is 10.5 Å². The van der Waals surface area contributed by atoms with E-state index in [9.17, 15) is 4.79 Å². The molecule has 0 spiro atoms. The summed E-state index contributed by atoms with van der Waals surface area (Å²) in [5, 5.41) is 8.98. The van der Waals surface area contributed by atoms with Crippen LogP contribution in [0.5, 0.6) is 5.75 Å². The molecule has 1 rings (SSSR count). The number of aliphatic carboxylic acids is 1. The molecule has 0 saturated carbocycles. The highest BCUT2D eigenvalue weighted by molar-refractivity contribution is 5.76. The van der Waals surface area contributed by atoms with Crippen LogP contribution >= 0.6 is 0 Å². The van der Waals surface area contributed by atoms with Crippen LogP contribution in [0.25, 0.3) is 0 Å². The number of likely N-dealkylation sites (N-methyl/N-ethyl adjacent to an activating group) is 1. The van der Waals surface area contributed by atoms with Crippen molar-refractivity contribution in [3.05, 3.63) is 29.3 Å². The molecule has 0 heterocycles. The molecule has 0 fully saturated rings. The van der Waals surface area contributed by atoms with E-state index in [2.05, 4.69) is 4.90 Å². The lowest BCUT2D eigenvalue weighted by atomic mass is 10.0. The molecule has 1 aromatic rings. The molecule has 1 aromatic carbocycles. The van der Waals surface area contributed by atoms with Gasteiger partial charge in [-0.05, 0) is 38.2 Å². The van der Waals surface area contributed by atoms with Crippen LogP contribution in [0.1, 0.15) is 17.2 Å². The van der Waals surface area contributed by atoms with Gasteiger partial charge in [-0.1, -0.05) is 6.07 Å². The molecule has 0 aromatic heterocycles. The van der Waals surface area contributed by atoms with E-state index < -0.39 is 12.0 Å². The number of benzene rings is 1. The van der Waals surface area contributed by atoms with Gasteiger partial charge in [-0.25, -0.2) is 0 Å². The monoisotopic (exact) mass is 252 g/mol. The van der Waals surface area contributed by atoms with Crippen LogP contribution in [0.2, 0.25) is 0 Å². The van der Waals surface area contributed by atoms with Gasteiger partial charge in [-0.15, -0.1) is 0 Å². The predicted molar refractivity (Wildman–Crippen MR) is 69.8 cm³/mol. The van der Waals surface area contributed by atoms with E-state index >= 15 is 0 Å². The van der Waals surface area contributed by atoms with Crippen LogP contribution in [0.3, 0.4) is 0 Å². The Morgan fingerprint density at radius 3 is 2.67 bits per heavy atom. The molecule has 0 bridgehead atoms. The first-order chi connectivity index (χ1) is 8.45. The Bertz CT molecular complexity index is 419. The van der Waals surface area contributed by atoms with Crippen LogP contribution in [0.15, 0.2) is 18.2 Å². The van der Waals surface area contributed by atoms with Gasteiger partial charge in [0.15, 0.2) is 0 Å². The van der Waals surface area contributed by atoms with Crippen molar-refractivity contribution in [3.63, 3.8) is 0 Å². The zero-order valence-corrected chi connectivity index (χ0v) is 11.0. The topological polar surface area (TPSA) is 75.8 Å². The molecular formula is C13H20N2O3. The van der Waals surface area contributed by atoms with E-state index in [1.807, 2.05) is 20.2 Å². The van der Waals surface area contributed by atoms with Gasteiger partial charge in [0.25, 0.3) is 0 Å². The Morgan fingerprint density at radius 1 is 1.50 bits per heavy atom. The molecule has 0 aliphatic carbocycles. The average molecular weight is 252 g/mol. The van der Waals surface area contributed by atoms with Gasteiger partial charge in [0.1, 0.15) is 11.8 Å². The largest absolute Gasteiger partial charge is 0.496 e. The van der Waals surface area contributed by atoms with Crippen molar-refractivity contribution in [1.29, 1.82) is 0 Å². The van der Waals surface area contributed by atoms with Crippen molar-refractivity contribution in [2.45, 2.75) is 12.5 Å². The number of carbonyl (C=O) groups is 1. The molecule has 18 heavy (non-hydrogen) atoms. The number of hydrogen-bond donors (Lipinski definition) is 2. The van der Waals surface area contributed by atoms with Gasteiger partial charge < -0.3 is 20.5 Å². The van der Waals surface area contributed by atoms with E-state index in [4.69, 9.17) is 15.6 Å². The van der Waals surface area contributed by atoms with Gasteiger partial charge in [-0.3, -0.25) is 4.79 Å². The maximum Gasteiger partial charge on any atom is 0.325 e. The molecule has 5 heteroatoms. The van der Waals surface area contributed by atoms with Gasteiger partial charge in [-0.2, -0.15) is 0 Å². The highest BCUT2D eigenvalue weighted by atomic mass is 16.5. The van der Waals surface area contributed by atoms with Crippen molar-refractivity contribution >= 4 is 5.97 Å². The number of methoxy groups -OCH3 is 1. The summed E-state index contributed by atoms with van der Waals surface area (Å²) in [6, 6.07) is 4.45. The fourth-order valence-corrected chi connectivity index (χ4v) is 1.67. The molecule has 3 N–H and O–H groups in total. The molecule has 0 aliphatic rings. The minimum atomic E-state index is -1.06. The first-order valence-corrected chi connectivity index (χ1v) is 5.75. The summed E-state index contributed by atoms with van der Waals surface area (Å²) in [5.74, 6) is -0.545. The van der Waals surface area contributed by atoms with Crippen molar-refractivity contribution in [2.75, 3.05) is 27.7 Å². The number of carboxylic acid groups (broad SMARTS) is 1. The summed E-state index contributed by atoms with van der Waals surface area (Å²) >= 11 is 0. The van der Waals surface area contributed by atoms with E-state index in [1.165, 1.54) is 7.11 Å². The third-order valence-corrected chi connectivity index (χ3v) is 2.74. The average Bonchev–Trinajstić information content (AvgIpc) is 2.34. The standard InChI is InChI=1S/C13H20N2O3/c1-15(2)7-6-9-4-5-11(18-3)10(8-9)12(14)13(16)17/h4-5,8,12H,6-7,14H2,1-3H3,(H,16,17). The number of rotatable bonds is 6. The molecule has 0 radical (unpaired) electrons. The summed E-state index contributed by atoms with van der Waals surface area (Å²) in [5.41, 5.74) is 7.22. The quantitative estimate of drug-likeness (QED) is 0.786. The maximum absolute atomic E-state index is 11.0. The normalized spacial score (nSPS) is 12.5. The van der Waals surface area contributed by atoms with Gasteiger partial charge >= 0.3 is 5.97 Å². The molecule has 1 atom stereocenters. The fraction of sp³-hybridized carbons (Fsp3) is 0.462. The Kier molecular flexibility index (Phi) is 5.12. The van der Waals surface area contributed by atoms with Crippen molar-refractivity contribution in [3.8, 4) is 5.75 Å². The smallest absolute Gasteiger partial charge is 0.325 e. The Hall–Kier alpha value is -1.59. The van der Waals surface area contributed by atoms with Gasteiger partial charge in [0.05, 0.1) is 7.11 Å². The second-order valence-electron chi connectivity index (χ2n) is 4.45. The summed E-state index contributed by atoms with van der Waals surface area (Å²) in [7, 11) is 5.49. The van der Waals surface area contributed by atoms with Gasteiger partial charge in [0.2, 0.25) is 0 Å². The maximum atomic E-state index is 11.0. The highest BCUT2D eigenvalue weighted by Gasteiger charge is 2.19. The number of nitrogens with two attached hydrogens (primary N) is 1. The minimum Gasteiger partial charge on any atom is -0.496 e. The minimum absolute atomic E-state index is 0.513. The fourth-order valence-electron chi connectivity index (χ4n) is 1.67. The van der Waals surface area contributed by atoms with Crippen LogP contribution in [0.4, 0.5) is 0 Å². The van der Waals surface area contributed by atoms with Crippen LogP contribution in [-0.2, 0) is 11.2 Å². The Balaban J connectivity index is 2.98. The second-order valence-corrected chi connectivity index (χ2v) is 4.45. The summed E-state index contributed by atoms with van der Waals surface area (Å²) in [4.78, 5) is 13.0. The molecule has 100 valence electrons. The summed E-state index contributed by atoms with van der Waals surface area (Å²) < 4.78 is 5.14. The zero-order valence-electron chi connectivity index (χ0n) is 11.0. The molecular weight excluding hydrogens is 232 g/mol. The Morgan fingerprint density at radius 2 is 2.17 bits per heavy atom. The molecule has 1 unspecified atom stereocenters. The molecule has 0 amide bonds. The first kappa shape index (κ1) is 14.5. The van der Waals surface area contributed by atoms with Gasteiger partial charge in [0, 0.05) is 12.1 Å². The van der Waals surface area contributed by atoms with E-state index in [-0.39, 0.29) is 0 Å². The molecule has 5 nitrogen and oxygen atoms in total. The first-order valence-electron chi connectivity index (χ1n) is 5.75. The van der Waals surface area contributed by atoms with E-state index in [0.29, 0.717) is 11.3 Å². The summed E-state index contributed by atoms with van der Waals surface area (Å²) in [6.07, 6.45) is 0.844. The highest BCUT2D eigenvalue weighted by Crippen LogP contribution is 2.25. The van der Waals surface area contributed by atoms with Crippen molar-refractivity contribution in [1.82, 2.24) is 4.90 Å². The lowest BCUT2D eigenvalue weighted by molar-refractivity contribution is -0.138. The number of carboxylic acids is 1. The third-order valence-electron chi connectivity index (χ3n) is 2.74. The lowest BCUT2D eigenvalue weighted by Crippen LogP contribution is -2.22. The van der Waals surface area contributed by atoms with Crippen LogP contribution in [-0.4, -0.2) is 43.7 Å². The predicted octanol–water partition coefficient (Wildman–Crippen LogP) is 0.884. The van der Waals surface area contributed by atoms with Crippen molar-refractivity contribution < 1.29 is 14.6 Å². The second kappa shape index (κ2) is 6.37. The van der Waals surface area contributed by atoms with Crippen molar-refractivity contribution in [2.24, 2.45) is 5.73 Å². The molecule has 0 aliphatic heterocycles.